The van der Waals surface area contributed by atoms with Crippen molar-refractivity contribution in [3.05, 3.63) is 198 Å². The molecule has 3 nitrogen and oxygen atoms in total. The maximum absolute atomic E-state index is 5.11. The van der Waals surface area contributed by atoms with Crippen LogP contribution in [0.25, 0.3) is 56.4 Å². The van der Waals surface area contributed by atoms with Crippen molar-refractivity contribution in [2.45, 2.75) is 15.2 Å². The molecule has 50 heavy (non-hydrogen) atoms. The predicted octanol–water partition coefficient (Wildman–Crippen LogP) is 11.4. The van der Waals surface area contributed by atoms with E-state index in [0.717, 1.165) is 27.8 Å². The topological polar surface area (TPSA) is 38.7 Å². The van der Waals surface area contributed by atoms with Crippen LogP contribution >= 0.6 is 11.8 Å². The Morgan fingerprint density at radius 3 is 1.40 bits per heavy atom. The van der Waals surface area contributed by atoms with E-state index >= 15 is 0 Å². The van der Waals surface area contributed by atoms with Crippen LogP contribution in [0.3, 0.4) is 0 Å². The smallest absolute Gasteiger partial charge is 0.164 e. The molecule has 0 fully saturated rings. The van der Waals surface area contributed by atoms with Gasteiger partial charge in [0.1, 0.15) is 0 Å². The largest absolute Gasteiger partial charge is 0.208 e. The van der Waals surface area contributed by atoms with Gasteiger partial charge in [-0.25, -0.2) is 15.0 Å². The fraction of sp³-hybridized carbons (Fsp3) is 0.0217. The first-order valence-electron chi connectivity index (χ1n) is 16.9. The van der Waals surface area contributed by atoms with Crippen LogP contribution in [0.2, 0.25) is 0 Å². The van der Waals surface area contributed by atoms with Crippen molar-refractivity contribution in [2.75, 3.05) is 0 Å². The Labute approximate surface area is 295 Å². The lowest BCUT2D eigenvalue weighted by atomic mass is 9.67. The van der Waals surface area contributed by atoms with Crippen molar-refractivity contribution >= 4 is 11.8 Å². The van der Waals surface area contributed by atoms with Crippen LogP contribution in [-0.4, -0.2) is 15.0 Å². The highest BCUT2D eigenvalue weighted by Gasteiger charge is 2.50. The number of hydrogen-bond acceptors (Lipinski definition) is 4. The number of benzene rings is 7. The molecule has 7 aromatic carbocycles. The van der Waals surface area contributed by atoms with Crippen molar-refractivity contribution in [1.29, 1.82) is 0 Å². The maximum atomic E-state index is 5.11. The lowest BCUT2D eigenvalue weighted by Crippen LogP contribution is -2.32. The fourth-order valence-corrected chi connectivity index (χ4v) is 9.06. The predicted molar refractivity (Wildman–Crippen MR) is 203 cm³/mol. The van der Waals surface area contributed by atoms with E-state index in [-0.39, 0.29) is 0 Å². The zero-order chi connectivity index (χ0) is 33.1. The molecule has 1 aliphatic carbocycles. The van der Waals surface area contributed by atoms with Crippen LogP contribution in [0.5, 0.6) is 0 Å². The number of hydrogen-bond donors (Lipinski definition) is 0. The van der Waals surface area contributed by atoms with E-state index in [1.165, 1.54) is 43.2 Å². The Hall–Kier alpha value is -6.10. The first-order chi connectivity index (χ1) is 24.8. The fourth-order valence-electron chi connectivity index (χ4n) is 7.88. The molecular formula is C46H29N3S. The van der Waals surface area contributed by atoms with Crippen molar-refractivity contribution in [3.63, 3.8) is 0 Å². The molecule has 0 radical (unpaired) electrons. The first-order valence-corrected chi connectivity index (χ1v) is 17.7. The minimum atomic E-state index is -0.441. The summed E-state index contributed by atoms with van der Waals surface area (Å²) in [5.41, 5.74) is 12.5. The molecule has 0 unspecified atom stereocenters. The van der Waals surface area contributed by atoms with E-state index in [0.29, 0.717) is 17.5 Å². The molecular weight excluding hydrogens is 627 g/mol. The second-order valence-corrected chi connectivity index (χ2v) is 13.8. The van der Waals surface area contributed by atoms with Gasteiger partial charge in [0.2, 0.25) is 0 Å². The van der Waals surface area contributed by atoms with Crippen molar-refractivity contribution < 1.29 is 0 Å². The molecule has 0 saturated heterocycles. The molecule has 0 amide bonds. The number of rotatable bonds is 4. The minimum absolute atomic E-state index is 0.441. The van der Waals surface area contributed by atoms with Gasteiger partial charge in [-0.2, -0.15) is 0 Å². The zero-order valence-corrected chi connectivity index (χ0v) is 27.8. The molecule has 0 atom stereocenters. The second-order valence-electron chi connectivity index (χ2n) is 12.7. The summed E-state index contributed by atoms with van der Waals surface area (Å²) in [6, 6.07) is 62.7. The van der Waals surface area contributed by atoms with Crippen LogP contribution in [0.1, 0.15) is 22.3 Å². The van der Waals surface area contributed by atoms with Crippen molar-refractivity contribution in [1.82, 2.24) is 15.0 Å². The average molecular weight is 656 g/mol. The monoisotopic (exact) mass is 655 g/mol. The van der Waals surface area contributed by atoms with Crippen LogP contribution in [0.4, 0.5) is 0 Å². The van der Waals surface area contributed by atoms with Gasteiger partial charge in [-0.05, 0) is 62.7 Å². The SMILES string of the molecule is c1ccc(-c2nc(-c3ccccc3)nc(-c3ccccc3-c3ccc4c(c3)C3(c5ccccc5S4)c4ccccc4-c4ccccc43)n2)cc1. The summed E-state index contributed by atoms with van der Waals surface area (Å²) in [6.07, 6.45) is 0. The van der Waals surface area contributed by atoms with Gasteiger partial charge in [-0.1, -0.05) is 169 Å². The Morgan fingerprint density at radius 1 is 0.320 bits per heavy atom. The van der Waals surface area contributed by atoms with E-state index in [2.05, 4.69) is 140 Å². The lowest BCUT2D eigenvalue weighted by Gasteiger charge is -2.40. The average Bonchev–Trinajstić information content (AvgIpc) is 3.49. The molecule has 0 N–H and O–H groups in total. The molecule has 10 rings (SSSR count). The second kappa shape index (κ2) is 11.5. The standard InChI is InChI=1S/C46H29N3S/c1-3-15-30(16-4-1)43-47-44(31-17-5-2-6-18-31)49-45(48-43)36-22-8-7-19-33(36)32-27-28-42-40(29-32)46(39-25-13-14-26-41(39)50-42)37-23-11-9-20-34(37)35-21-10-12-24-38(35)46/h1-29H. The summed E-state index contributed by atoms with van der Waals surface area (Å²) in [4.78, 5) is 17.7. The molecule has 0 bridgehead atoms. The Kier molecular flexibility index (Phi) is 6.64. The van der Waals surface area contributed by atoms with E-state index in [9.17, 15) is 0 Å². The third-order valence-corrected chi connectivity index (χ3v) is 11.2. The Morgan fingerprint density at radius 2 is 0.780 bits per heavy atom. The highest BCUT2D eigenvalue weighted by Crippen LogP contribution is 2.62. The molecule has 2 aliphatic rings. The van der Waals surface area contributed by atoms with Crippen LogP contribution in [0, 0.1) is 0 Å². The number of nitrogens with zero attached hydrogens (tertiary/aromatic N) is 3. The zero-order valence-electron chi connectivity index (χ0n) is 27.0. The molecule has 1 aliphatic heterocycles. The Bertz CT molecular complexity index is 2480. The molecule has 0 saturated carbocycles. The van der Waals surface area contributed by atoms with Gasteiger partial charge < -0.3 is 0 Å². The number of fused-ring (bicyclic) bond motifs is 9. The summed E-state index contributed by atoms with van der Waals surface area (Å²) in [5, 5.41) is 0. The molecule has 1 spiro atoms. The quantitative estimate of drug-likeness (QED) is 0.189. The highest BCUT2D eigenvalue weighted by molar-refractivity contribution is 7.99. The molecule has 8 aromatic rings. The van der Waals surface area contributed by atoms with Crippen LogP contribution < -0.4 is 0 Å². The van der Waals surface area contributed by atoms with Gasteiger partial charge in [0.15, 0.2) is 17.5 Å². The van der Waals surface area contributed by atoms with Gasteiger partial charge in [0.25, 0.3) is 0 Å². The van der Waals surface area contributed by atoms with Gasteiger partial charge in [0.05, 0.1) is 5.41 Å². The summed E-state index contributed by atoms with van der Waals surface area (Å²) in [5.74, 6) is 1.96. The third kappa shape index (κ3) is 4.35. The van der Waals surface area contributed by atoms with E-state index in [1.54, 1.807) is 0 Å². The van der Waals surface area contributed by atoms with Crippen LogP contribution in [0.15, 0.2) is 186 Å². The molecule has 234 valence electrons. The van der Waals surface area contributed by atoms with Gasteiger partial charge in [0, 0.05) is 26.5 Å². The summed E-state index contributed by atoms with van der Waals surface area (Å²) in [6.45, 7) is 0. The van der Waals surface area contributed by atoms with Crippen LogP contribution in [-0.2, 0) is 5.41 Å². The summed E-state index contributed by atoms with van der Waals surface area (Å²) < 4.78 is 0. The maximum Gasteiger partial charge on any atom is 0.164 e. The van der Waals surface area contributed by atoms with E-state index in [4.69, 9.17) is 15.0 Å². The van der Waals surface area contributed by atoms with Gasteiger partial charge in [-0.3, -0.25) is 0 Å². The van der Waals surface area contributed by atoms with E-state index < -0.39 is 5.41 Å². The molecule has 2 heterocycles. The van der Waals surface area contributed by atoms with Gasteiger partial charge in [-0.15, -0.1) is 0 Å². The van der Waals surface area contributed by atoms with Crippen molar-refractivity contribution in [3.8, 4) is 56.4 Å². The minimum Gasteiger partial charge on any atom is -0.208 e. The number of aromatic nitrogens is 3. The normalized spacial score (nSPS) is 13.3. The highest BCUT2D eigenvalue weighted by atomic mass is 32.2. The lowest BCUT2D eigenvalue weighted by molar-refractivity contribution is 0.723. The summed E-state index contributed by atoms with van der Waals surface area (Å²) in [7, 11) is 0. The van der Waals surface area contributed by atoms with E-state index in [1.807, 2.05) is 48.2 Å². The first kappa shape index (κ1) is 28.9. The Balaban J connectivity index is 1.21. The molecule has 1 aromatic heterocycles. The molecule has 4 heteroatoms. The van der Waals surface area contributed by atoms with Gasteiger partial charge >= 0.3 is 0 Å². The van der Waals surface area contributed by atoms with Crippen molar-refractivity contribution in [2.24, 2.45) is 0 Å². The summed E-state index contributed by atoms with van der Waals surface area (Å²) >= 11 is 1.86. The third-order valence-electron chi connectivity index (χ3n) is 10.0.